The number of benzene rings is 2. The Morgan fingerprint density at radius 3 is 2.26 bits per heavy atom. The highest BCUT2D eigenvalue weighted by Crippen LogP contribution is 2.27. The maximum atomic E-state index is 5.51. The molecule has 0 radical (unpaired) electrons. The maximum absolute atomic E-state index is 5.51. The molecule has 1 atom stereocenters. The molecule has 0 bridgehead atoms. The first-order valence-corrected chi connectivity index (χ1v) is 8.22. The molecule has 3 nitrogen and oxygen atoms in total. The molecule has 0 aliphatic rings. The number of methoxy groups -OCH3 is 2. The third-order valence-electron chi connectivity index (χ3n) is 4.18. The lowest BCUT2D eigenvalue weighted by molar-refractivity contribution is 0.408. The van der Waals surface area contributed by atoms with Gasteiger partial charge in [-0.15, -0.1) is 0 Å². The standard InChI is InChI=1S/C20H27NO2/c1-5-8-16(2)21(18-11-13-19(22-3)14-12-18)15-17-9-6-7-10-20(17)23-4/h6-7,9-14,16H,5,8,15H2,1-4H3. The smallest absolute Gasteiger partial charge is 0.123 e. The van der Waals surface area contributed by atoms with E-state index >= 15 is 0 Å². The molecule has 0 fully saturated rings. The zero-order chi connectivity index (χ0) is 16.7. The molecule has 0 spiro atoms. The van der Waals surface area contributed by atoms with E-state index in [9.17, 15) is 0 Å². The highest BCUT2D eigenvalue weighted by atomic mass is 16.5. The van der Waals surface area contributed by atoms with Crippen LogP contribution in [0.15, 0.2) is 48.5 Å². The van der Waals surface area contributed by atoms with Gasteiger partial charge in [0.1, 0.15) is 11.5 Å². The maximum Gasteiger partial charge on any atom is 0.123 e. The normalized spacial score (nSPS) is 11.8. The van der Waals surface area contributed by atoms with Gasteiger partial charge in [-0.1, -0.05) is 31.5 Å². The fourth-order valence-corrected chi connectivity index (χ4v) is 2.87. The van der Waals surface area contributed by atoms with Crippen molar-refractivity contribution in [3.8, 4) is 11.5 Å². The predicted molar refractivity (Wildman–Crippen MR) is 96.5 cm³/mol. The van der Waals surface area contributed by atoms with Crippen molar-refractivity contribution in [1.29, 1.82) is 0 Å². The summed E-state index contributed by atoms with van der Waals surface area (Å²) in [7, 11) is 3.42. The summed E-state index contributed by atoms with van der Waals surface area (Å²) in [5.41, 5.74) is 2.41. The van der Waals surface area contributed by atoms with Gasteiger partial charge in [-0.05, 0) is 43.7 Å². The first-order valence-electron chi connectivity index (χ1n) is 8.22. The van der Waals surface area contributed by atoms with E-state index in [-0.39, 0.29) is 0 Å². The Labute approximate surface area is 139 Å². The van der Waals surface area contributed by atoms with Gasteiger partial charge in [0.05, 0.1) is 14.2 Å². The van der Waals surface area contributed by atoms with Crippen LogP contribution in [-0.4, -0.2) is 20.3 Å². The Kier molecular flexibility index (Phi) is 6.33. The van der Waals surface area contributed by atoms with Crippen molar-refractivity contribution < 1.29 is 9.47 Å². The van der Waals surface area contributed by atoms with Crippen LogP contribution in [0.3, 0.4) is 0 Å². The molecule has 2 rings (SSSR count). The van der Waals surface area contributed by atoms with E-state index in [1.807, 2.05) is 24.3 Å². The highest BCUT2D eigenvalue weighted by Gasteiger charge is 2.16. The molecule has 2 aromatic rings. The third kappa shape index (κ3) is 4.41. The minimum atomic E-state index is 0.457. The van der Waals surface area contributed by atoms with Gasteiger partial charge in [0.15, 0.2) is 0 Å². The van der Waals surface area contributed by atoms with Gasteiger partial charge >= 0.3 is 0 Å². The monoisotopic (exact) mass is 313 g/mol. The first kappa shape index (κ1) is 17.2. The average molecular weight is 313 g/mol. The molecule has 124 valence electrons. The Morgan fingerprint density at radius 2 is 1.65 bits per heavy atom. The summed E-state index contributed by atoms with van der Waals surface area (Å²) in [5, 5.41) is 0. The summed E-state index contributed by atoms with van der Waals surface area (Å²) >= 11 is 0. The van der Waals surface area contributed by atoms with E-state index in [0.717, 1.165) is 24.5 Å². The number of nitrogens with zero attached hydrogens (tertiary/aromatic N) is 1. The van der Waals surface area contributed by atoms with Crippen LogP contribution in [0, 0.1) is 0 Å². The zero-order valence-corrected chi connectivity index (χ0v) is 14.6. The van der Waals surface area contributed by atoms with Crippen LogP contribution < -0.4 is 14.4 Å². The molecule has 1 unspecified atom stereocenters. The van der Waals surface area contributed by atoms with Gasteiger partial charge in [-0.3, -0.25) is 0 Å². The van der Waals surface area contributed by atoms with E-state index < -0.39 is 0 Å². The summed E-state index contributed by atoms with van der Waals surface area (Å²) in [6.45, 7) is 5.34. The summed E-state index contributed by atoms with van der Waals surface area (Å²) in [4.78, 5) is 2.43. The average Bonchev–Trinajstić information content (AvgIpc) is 2.60. The molecule has 0 saturated heterocycles. The van der Waals surface area contributed by atoms with Crippen LogP contribution in [0.2, 0.25) is 0 Å². The van der Waals surface area contributed by atoms with Crippen LogP contribution in [0.4, 0.5) is 5.69 Å². The largest absolute Gasteiger partial charge is 0.497 e. The van der Waals surface area contributed by atoms with Gasteiger partial charge in [0, 0.05) is 23.8 Å². The molecule has 2 aromatic carbocycles. The third-order valence-corrected chi connectivity index (χ3v) is 4.18. The number of rotatable bonds is 8. The minimum absolute atomic E-state index is 0.457. The van der Waals surface area contributed by atoms with E-state index in [2.05, 4.69) is 43.0 Å². The SMILES string of the molecule is CCCC(C)N(Cc1ccccc1OC)c1ccc(OC)cc1. The molecule has 0 saturated carbocycles. The predicted octanol–water partition coefficient (Wildman–Crippen LogP) is 4.90. The van der Waals surface area contributed by atoms with Crippen molar-refractivity contribution in [3.63, 3.8) is 0 Å². The van der Waals surface area contributed by atoms with Gasteiger partial charge in [0.2, 0.25) is 0 Å². The first-order chi connectivity index (χ1) is 11.2. The van der Waals surface area contributed by atoms with Crippen molar-refractivity contribution in [2.24, 2.45) is 0 Å². The second-order valence-electron chi connectivity index (χ2n) is 5.78. The highest BCUT2D eigenvalue weighted by molar-refractivity contribution is 5.51. The zero-order valence-electron chi connectivity index (χ0n) is 14.6. The van der Waals surface area contributed by atoms with Gasteiger partial charge < -0.3 is 14.4 Å². The Bertz CT molecular complexity index is 595. The Morgan fingerprint density at radius 1 is 0.957 bits per heavy atom. The van der Waals surface area contributed by atoms with Crippen molar-refractivity contribution in [2.75, 3.05) is 19.1 Å². The number of hydrogen-bond acceptors (Lipinski definition) is 3. The van der Waals surface area contributed by atoms with Crippen molar-refractivity contribution in [1.82, 2.24) is 0 Å². The molecule has 0 aliphatic heterocycles. The number of ether oxygens (including phenoxy) is 2. The van der Waals surface area contributed by atoms with Crippen LogP contribution >= 0.6 is 0 Å². The van der Waals surface area contributed by atoms with E-state index in [0.29, 0.717) is 6.04 Å². The van der Waals surface area contributed by atoms with E-state index in [1.165, 1.54) is 17.7 Å². The molecule has 0 heterocycles. The molecule has 0 aromatic heterocycles. The lowest BCUT2D eigenvalue weighted by atomic mass is 10.1. The molecule has 0 aliphatic carbocycles. The molecular formula is C20H27NO2. The molecule has 23 heavy (non-hydrogen) atoms. The second kappa shape index (κ2) is 8.47. The number of anilines is 1. The minimum Gasteiger partial charge on any atom is -0.497 e. The lowest BCUT2D eigenvalue weighted by Crippen LogP contribution is -2.32. The Balaban J connectivity index is 2.29. The van der Waals surface area contributed by atoms with Gasteiger partial charge in [-0.25, -0.2) is 0 Å². The summed E-state index contributed by atoms with van der Waals surface area (Å²) in [6, 6.07) is 17.0. The van der Waals surface area contributed by atoms with Crippen molar-refractivity contribution in [3.05, 3.63) is 54.1 Å². The molecular weight excluding hydrogens is 286 g/mol. The topological polar surface area (TPSA) is 21.7 Å². The van der Waals surface area contributed by atoms with Crippen LogP contribution in [0.1, 0.15) is 32.3 Å². The van der Waals surface area contributed by atoms with Crippen LogP contribution in [0.25, 0.3) is 0 Å². The fourth-order valence-electron chi connectivity index (χ4n) is 2.87. The van der Waals surface area contributed by atoms with Crippen LogP contribution in [0.5, 0.6) is 11.5 Å². The van der Waals surface area contributed by atoms with Crippen molar-refractivity contribution in [2.45, 2.75) is 39.3 Å². The summed E-state index contributed by atoms with van der Waals surface area (Å²) in [6.07, 6.45) is 2.32. The summed E-state index contributed by atoms with van der Waals surface area (Å²) in [5.74, 6) is 1.82. The van der Waals surface area contributed by atoms with Crippen molar-refractivity contribution >= 4 is 5.69 Å². The van der Waals surface area contributed by atoms with E-state index in [1.54, 1.807) is 14.2 Å². The quantitative estimate of drug-likeness (QED) is 0.692. The fraction of sp³-hybridized carbons (Fsp3) is 0.400. The number of hydrogen-bond donors (Lipinski definition) is 0. The summed E-state index contributed by atoms with van der Waals surface area (Å²) < 4.78 is 10.8. The Hall–Kier alpha value is -2.16. The molecule has 0 amide bonds. The molecule has 0 N–H and O–H groups in total. The van der Waals surface area contributed by atoms with E-state index in [4.69, 9.17) is 9.47 Å². The van der Waals surface area contributed by atoms with Gasteiger partial charge in [0.25, 0.3) is 0 Å². The second-order valence-corrected chi connectivity index (χ2v) is 5.78. The lowest BCUT2D eigenvalue weighted by Gasteiger charge is -2.32. The van der Waals surface area contributed by atoms with Gasteiger partial charge in [-0.2, -0.15) is 0 Å². The van der Waals surface area contributed by atoms with Crippen LogP contribution in [-0.2, 0) is 6.54 Å². The number of para-hydroxylation sites is 1. The molecule has 3 heteroatoms.